The van der Waals surface area contributed by atoms with Crippen LogP contribution in [0, 0.1) is 11.3 Å². The van der Waals surface area contributed by atoms with Crippen LogP contribution in [0.2, 0.25) is 0 Å². The molecule has 0 aliphatic heterocycles. The van der Waals surface area contributed by atoms with Crippen LogP contribution in [0.1, 0.15) is 76.5 Å². The molecule has 0 amide bonds. The molecule has 1 N–H and O–H groups in total. The van der Waals surface area contributed by atoms with Gasteiger partial charge in [0.1, 0.15) is 11.5 Å². The van der Waals surface area contributed by atoms with Gasteiger partial charge in [0, 0.05) is 11.8 Å². The maximum Gasteiger partial charge on any atom is 0.138 e. The van der Waals surface area contributed by atoms with Crippen LogP contribution in [0.5, 0.6) is 5.75 Å². The Hall–Kier alpha value is -1.31. The average molecular weight is 300 g/mol. The predicted octanol–water partition coefficient (Wildman–Crippen LogP) is 4.72. The zero-order valence-electron chi connectivity index (χ0n) is 14.5. The first-order valence-corrected chi connectivity index (χ1v) is 8.58. The molecule has 0 radical (unpaired) electrons. The minimum atomic E-state index is -0.253. The summed E-state index contributed by atoms with van der Waals surface area (Å²) in [5.74, 6) is 1.61. The Labute approximate surface area is 133 Å². The Bertz CT molecular complexity index is 627. The monoisotopic (exact) mass is 300 g/mol. The van der Waals surface area contributed by atoms with Gasteiger partial charge >= 0.3 is 0 Å². The van der Waals surface area contributed by atoms with Gasteiger partial charge in [0.2, 0.25) is 0 Å². The van der Waals surface area contributed by atoms with Gasteiger partial charge in [-0.2, -0.15) is 0 Å². The van der Waals surface area contributed by atoms with Crippen molar-refractivity contribution in [3.05, 3.63) is 28.8 Å². The second-order valence-corrected chi connectivity index (χ2v) is 8.34. The second kappa shape index (κ2) is 4.84. The van der Waals surface area contributed by atoms with E-state index in [0.717, 1.165) is 30.4 Å². The van der Waals surface area contributed by atoms with E-state index in [4.69, 9.17) is 0 Å². The van der Waals surface area contributed by atoms with Gasteiger partial charge in [-0.25, -0.2) is 0 Å². The number of fused-ring (bicyclic) bond motifs is 3. The van der Waals surface area contributed by atoms with E-state index >= 15 is 0 Å². The van der Waals surface area contributed by atoms with Gasteiger partial charge < -0.3 is 5.11 Å². The Morgan fingerprint density at radius 2 is 1.86 bits per heavy atom. The largest absolute Gasteiger partial charge is 0.507 e. The van der Waals surface area contributed by atoms with Crippen LogP contribution >= 0.6 is 0 Å². The Kier molecular flexibility index (Phi) is 3.43. The summed E-state index contributed by atoms with van der Waals surface area (Å²) in [6.45, 7) is 10.8. The number of hydrogen-bond donors (Lipinski definition) is 1. The van der Waals surface area contributed by atoms with Crippen molar-refractivity contribution >= 4 is 5.78 Å². The molecule has 120 valence electrons. The number of phenolic OH excluding ortho intramolecular Hbond substituents is 1. The summed E-state index contributed by atoms with van der Waals surface area (Å²) in [5.41, 5.74) is 3.22. The highest BCUT2D eigenvalue weighted by molar-refractivity contribution is 5.86. The Balaban J connectivity index is 2.14. The third-order valence-electron chi connectivity index (χ3n) is 6.46. The number of aromatic hydroxyl groups is 1. The number of carbonyl (C=O) groups excluding carboxylic acids is 1. The molecule has 2 heteroatoms. The van der Waals surface area contributed by atoms with E-state index in [0.29, 0.717) is 29.8 Å². The molecule has 1 aromatic carbocycles. The van der Waals surface area contributed by atoms with E-state index in [-0.39, 0.29) is 10.8 Å². The van der Waals surface area contributed by atoms with Crippen LogP contribution in [0.15, 0.2) is 12.1 Å². The van der Waals surface area contributed by atoms with E-state index in [1.54, 1.807) is 0 Å². The number of carbonyl (C=O) groups is 1. The van der Waals surface area contributed by atoms with E-state index in [1.165, 1.54) is 5.56 Å². The van der Waals surface area contributed by atoms with Gasteiger partial charge in [-0.15, -0.1) is 0 Å². The number of ketones is 1. The van der Waals surface area contributed by atoms with E-state index < -0.39 is 0 Å². The first-order chi connectivity index (χ1) is 10.2. The summed E-state index contributed by atoms with van der Waals surface area (Å²) in [6.07, 6.45) is 3.45. The van der Waals surface area contributed by atoms with Crippen molar-refractivity contribution in [3.63, 3.8) is 0 Å². The molecule has 2 aliphatic carbocycles. The molecule has 2 nitrogen and oxygen atoms in total. The fraction of sp³-hybridized carbons (Fsp3) is 0.650. The number of phenols is 1. The van der Waals surface area contributed by atoms with Gasteiger partial charge in [-0.3, -0.25) is 4.79 Å². The summed E-state index contributed by atoms with van der Waals surface area (Å²) < 4.78 is 0. The first-order valence-electron chi connectivity index (χ1n) is 8.58. The molecule has 1 aromatic rings. The minimum Gasteiger partial charge on any atom is -0.507 e. The lowest BCUT2D eigenvalue weighted by molar-refractivity contribution is -0.137. The summed E-state index contributed by atoms with van der Waals surface area (Å²) in [7, 11) is 0. The average Bonchev–Trinajstić information content (AvgIpc) is 2.44. The first kappa shape index (κ1) is 15.6. The number of hydrogen-bond acceptors (Lipinski definition) is 2. The molecule has 0 saturated heterocycles. The Morgan fingerprint density at radius 3 is 2.50 bits per heavy atom. The molecule has 1 saturated carbocycles. The van der Waals surface area contributed by atoms with Crippen LogP contribution in [0.25, 0.3) is 0 Å². The highest BCUT2D eigenvalue weighted by atomic mass is 16.3. The highest BCUT2D eigenvalue weighted by Gasteiger charge is 2.53. The normalized spacial score (nSPS) is 30.1. The third-order valence-corrected chi connectivity index (χ3v) is 6.46. The smallest absolute Gasteiger partial charge is 0.138 e. The van der Waals surface area contributed by atoms with Crippen LogP contribution in [0.4, 0.5) is 0 Å². The zero-order valence-corrected chi connectivity index (χ0v) is 14.5. The highest BCUT2D eigenvalue weighted by Crippen LogP contribution is 2.57. The van der Waals surface area contributed by atoms with Gasteiger partial charge in [0.25, 0.3) is 0 Å². The molecular weight excluding hydrogens is 272 g/mol. The van der Waals surface area contributed by atoms with Crippen LogP contribution in [0.3, 0.4) is 0 Å². The van der Waals surface area contributed by atoms with Crippen LogP contribution in [-0.2, 0) is 16.6 Å². The zero-order chi connectivity index (χ0) is 16.3. The molecule has 0 spiro atoms. The lowest BCUT2D eigenvalue weighted by atomic mass is 9.50. The van der Waals surface area contributed by atoms with Crippen molar-refractivity contribution in [2.45, 2.75) is 71.6 Å². The van der Waals surface area contributed by atoms with Gasteiger partial charge in [-0.05, 0) is 53.2 Å². The molecule has 0 aromatic heterocycles. The predicted molar refractivity (Wildman–Crippen MR) is 89.4 cm³/mol. The van der Waals surface area contributed by atoms with Crippen LogP contribution < -0.4 is 0 Å². The van der Waals surface area contributed by atoms with Crippen molar-refractivity contribution in [1.82, 2.24) is 0 Å². The third kappa shape index (κ3) is 1.96. The topological polar surface area (TPSA) is 37.3 Å². The van der Waals surface area contributed by atoms with E-state index in [2.05, 4.69) is 46.8 Å². The Morgan fingerprint density at radius 1 is 1.18 bits per heavy atom. The van der Waals surface area contributed by atoms with Crippen molar-refractivity contribution in [1.29, 1.82) is 0 Å². The summed E-state index contributed by atoms with van der Waals surface area (Å²) >= 11 is 0. The lowest BCUT2D eigenvalue weighted by Crippen LogP contribution is -2.52. The van der Waals surface area contributed by atoms with Crippen molar-refractivity contribution < 1.29 is 9.90 Å². The van der Waals surface area contributed by atoms with Crippen LogP contribution in [-0.4, -0.2) is 10.9 Å². The quantitative estimate of drug-likeness (QED) is 0.814. The SMILES string of the molecule is CC(C)c1ccc2c(c1O)CCC1C(C)(C)C(=O)CCC21C. The lowest BCUT2D eigenvalue weighted by Gasteiger charge is -2.53. The molecule has 0 heterocycles. The molecule has 2 atom stereocenters. The van der Waals surface area contributed by atoms with Crippen molar-refractivity contribution in [3.8, 4) is 5.75 Å². The molecule has 2 unspecified atom stereocenters. The number of benzene rings is 1. The maximum atomic E-state index is 12.4. The van der Waals surface area contributed by atoms with Gasteiger partial charge in [0.15, 0.2) is 0 Å². The molecule has 0 bridgehead atoms. The maximum absolute atomic E-state index is 12.4. The number of Topliss-reactive ketones (excluding diaryl/α,β-unsaturated/α-hetero) is 1. The molecular formula is C20H28O2. The fourth-order valence-electron chi connectivity index (χ4n) is 5.06. The standard InChI is InChI=1S/C20H28O2/c1-12(2)13-6-8-15-14(18(13)22)7-9-16-19(3,4)17(21)10-11-20(15,16)5/h6,8,12,16,22H,7,9-11H2,1-5H3. The second-order valence-electron chi connectivity index (χ2n) is 8.34. The minimum absolute atomic E-state index is 0.0119. The summed E-state index contributed by atoms with van der Waals surface area (Å²) in [5, 5.41) is 10.7. The summed E-state index contributed by atoms with van der Waals surface area (Å²) in [4.78, 5) is 12.4. The van der Waals surface area contributed by atoms with Gasteiger partial charge in [-0.1, -0.05) is 46.8 Å². The van der Waals surface area contributed by atoms with Crippen molar-refractivity contribution in [2.75, 3.05) is 0 Å². The molecule has 3 rings (SSSR count). The molecule has 22 heavy (non-hydrogen) atoms. The number of rotatable bonds is 1. The van der Waals surface area contributed by atoms with E-state index in [1.807, 2.05) is 0 Å². The molecule has 1 fully saturated rings. The fourth-order valence-corrected chi connectivity index (χ4v) is 5.06. The summed E-state index contributed by atoms with van der Waals surface area (Å²) in [6, 6.07) is 4.32. The molecule has 2 aliphatic rings. The van der Waals surface area contributed by atoms with E-state index in [9.17, 15) is 9.90 Å². The van der Waals surface area contributed by atoms with Gasteiger partial charge in [0.05, 0.1) is 0 Å². The van der Waals surface area contributed by atoms with Crippen molar-refractivity contribution in [2.24, 2.45) is 11.3 Å².